The van der Waals surface area contributed by atoms with E-state index in [0.717, 1.165) is 24.3 Å². The van der Waals surface area contributed by atoms with Crippen LogP contribution in [0.2, 0.25) is 0 Å². The molecule has 2 heterocycles. The number of nitrogens with one attached hydrogen (secondary N) is 1. The van der Waals surface area contributed by atoms with Crippen LogP contribution in [-0.2, 0) is 22.6 Å². The smallest absolute Gasteiger partial charge is 0.261 e. The number of halogens is 1. The van der Waals surface area contributed by atoms with Gasteiger partial charge in [-0.1, -0.05) is 36.4 Å². The molecule has 1 fully saturated rings. The van der Waals surface area contributed by atoms with Crippen LogP contribution in [0.3, 0.4) is 0 Å². The Morgan fingerprint density at radius 1 is 1.27 bits per heavy atom. The van der Waals surface area contributed by atoms with Crippen molar-refractivity contribution in [2.24, 2.45) is 0 Å². The lowest BCUT2D eigenvalue weighted by Gasteiger charge is -2.33. The zero-order chi connectivity index (χ0) is 20.9. The number of ether oxygens (including phenoxy) is 2. The highest BCUT2D eigenvalue weighted by atomic mass is 32.1. The van der Waals surface area contributed by atoms with Gasteiger partial charge >= 0.3 is 0 Å². The maximum atomic E-state index is 14.3. The lowest BCUT2D eigenvalue weighted by atomic mass is 10.1. The fourth-order valence-corrected chi connectivity index (χ4v) is 4.95. The number of hydrogen-bond acceptors (Lipinski definition) is 5. The first-order valence-corrected chi connectivity index (χ1v) is 10.8. The molecule has 0 radical (unpaired) electrons. The van der Waals surface area contributed by atoms with Gasteiger partial charge in [0.25, 0.3) is 5.91 Å². The molecule has 1 saturated heterocycles. The van der Waals surface area contributed by atoms with Crippen molar-refractivity contribution in [2.75, 3.05) is 33.4 Å². The van der Waals surface area contributed by atoms with E-state index in [2.05, 4.69) is 22.3 Å². The van der Waals surface area contributed by atoms with Gasteiger partial charge in [-0.25, -0.2) is 4.39 Å². The second-order valence-corrected chi connectivity index (χ2v) is 8.43. The normalized spacial score (nSPS) is 17.3. The second-order valence-electron chi connectivity index (χ2n) is 7.38. The molecule has 158 valence electrons. The van der Waals surface area contributed by atoms with E-state index in [9.17, 15) is 9.18 Å². The molecule has 1 aromatic heterocycles. The summed E-state index contributed by atoms with van der Waals surface area (Å²) in [5.41, 5.74) is 1.86. The quantitative estimate of drug-likeness (QED) is 0.622. The summed E-state index contributed by atoms with van der Waals surface area (Å²) in [5, 5.41) is 3.44. The van der Waals surface area contributed by atoms with Gasteiger partial charge in [-0.2, -0.15) is 0 Å². The Bertz CT molecular complexity index is 1010. The Hall–Kier alpha value is -2.32. The van der Waals surface area contributed by atoms with Crippen LogP contribution in [-0.4, -0.2) is 50.3 Å². The van der Waals surface area contributed by atoms with E-state index in [4.69, 9.17) is 9.47 Å². The topological polar surface area (TPSA) is 50.8 Å². The Morgan fingerprint density at radius 3 is 2.90 bits per heavy atom. The molecule has 3 aromatic rings. The number of hydrogen-bond donors (Lipinski definition) is 1. The predicted octanol–water partition coefficient (Wildman–Crippen LogP) is 3.82. The fourth-order valence-electron chi connectivity index (χ4n) is 3.81. The third kappa shape index (κ3) is 4.70. The fraction of sp³-hybridized carbons (Fsp3) is 0.348. The number of carbonyl (C=O) groups is 1. The van der Waals surface area contributed by atoms with Crippen LogP contribution in [0, 0.1) is 5.82 Å². The Morgan fingerprint density at radius 2 is 2.10 bits per heavy atom. The molecule has 0 saturated carbocycles. The van der Waals surface area contributed by atoms with Gasteiger partial charge in [0.05, 0.1) is 24.2 Å². The van der Waals surface area contributed by atoms with Crippen LogP contribution in [0.4, 0.5) is 4.39 Å². The van der Waals surface area contributed by atoms with Crippen LogP contribution in [0.25, 0.3) is 10.1 Å². The van der Waals surface area contributed by atoms with Crippen molar-refractivity contribution >= 4 is 27.3 Å². The maximum Gasteiger partial charge on any atom is 0.261 e. The SMILES string of the molecule is COCc1c(C(=O)NCC2CN(Cc3ccccc3)CCO2)sc2cccc(F)c12. The highest BCUT2D eigenvalue weighted by molar-refractivity contribution is 7.21. The number of amides is 1. The van der Waals surface area contributed by atoms with Gasteiger partial charge in [-0.3, -0.25) is 9.69 Å². The number of thiophene rings is 1. The molecule has 7 heteroatoms. The van der Waals surface area contributed by atoms with E-state index in [-0.39, 0.29) is 24.4 Å². The first-order valence-electron chi connectivity index (χ1n) is 10.0. The summed E-state index contributed by atoms with van der Waals surface area (Å²) in [7, 11) is 1.54. The molecule has 2 aromatic carbocycles. The number of fused-ring (bicyclic) bond motifs is 1. The van der Waals surface area contributed by atoms with Gasteiger partial charge < -0.3 is 14.8 Å². The summed E-state index contributed by atoms with van der Waals surface area (Å²) >= 11 is 1.29. The highest BCUT2D eigenvalue weighted by Crippen LogP contribution is 2.33. The Balaban J connectivity index is 1.41. The van der Waals surface area contributed by atoms with Crippen molar-refractivity contribution in [3.8, 4) is 0 Å². The minimum Gasteiger partial charge on any atom is -0.380 e. The molecular formula is C23H25FN2O3S. The number of carbonyl (C=O) groups excluding carboxylic acids is 1. The van der Waals surface area contributed by atoms with Crippen molar-refractivity contribution in [1.82, 2.24) is 10.2 Å². The summed E-state index contributed by atoms with van der Waals surface area (Å²) in [6, 6.07) is 15.2. The third-order valence-corrected chi connectivity index (χ3v) is 6.42. The summed E-state index contributed by atoms with van der Waals surface area (Å²) in [4.78, 5) is 15.7. The van der Waals surface area contributed by atoms with Crippen molar-refractivity contribution in [1.29, 1.82) is 0 Å². The molecule has 30 heavy (non-hydrogen) atoms. The van der Waals surface area contributed by atoms with Gasteiger partial charge in [0.1, 0.15) is 5.82 Å². The van der Waals surface area contributed by atoms with E-state index >= 15 is 0 Å². The van der Waals surface area contributed by atoms with Crippen molar-refractivity contribution in [2.45, 2.75) is 19.3 Å². The molecule has 1 unspecified atom stereocenters. The predicted molar refractivity (Wildman–Crippen MR) is 116 cm³/mol. The molecule has 0 bridgehead atoms. The summed E-state index contributed by atoms with van der Waals surface area (Å²) < 4.78 is 26.2. The van der Waals surface area contributed by atoms with Gasteiger partial charge in [0.2, 0.25) is 0 Å². The molecule has 1 amide bonds. The number of benzene rings is 2. The maximum absolute atomic E-state index is 14.3. The van der Waals surface area contributed by atoms with E-state index in [1.54, 1.807) is 13.2 Å². The van der Waals surface area contributed by atoms with Crippen LogP contribution in [0.5, 0.6) is 0 Å². The summed E-state index contributed by atoms with van der Waals surface area (Å²) in [5.74, 6) is -0.548. The standard InChI is InChI=1S/C23H25FN2O3S/c1-28-15-18-21-19(24)8-5-9-20(21)30-22(18)23(27)25-12-17-14-26(10-11-29-17)13-16-6-3-2-4-7-16/h2-9,17H,10-15H2,1H3,(H,25,27). The van der Waals surface area contributed by atoms with E-state index in [1.807, 2.05) is 24.3 Å². The minimum atomic E-state index is -0.331. The molecule has 1 atom stereocenters. The van der Waals surface area contributed by atoms with Crippen LogP contribution >= 0.6 is 11.3 Å². The third-order valence-electron chi connectivity index (χ3n) is 5.22. The Labute approximate surface area is 179 Å². The number of morpholine rings is 1. The van der Waals surface area contributed by atoms with Gasteiger partial charge in [-0.15, -0.1) is 11.3 Å². The lowest BCUT2D eigenvalue weighted by Crippen LogP contribution is -2.47. The number of nitrogens with zero attached hydrogens (tertiary/aromatic N) is 1. The monoisotopic (exact) mass is 428 g/mol. The van der Waals surface area contributed by atoms with Gasteiger partial charge in [0, 0.05) is 48.9 Å². The zero-order valence-electron chi connectivity index (χ0n) is 16.9. The van der Waals surface area contributed by atoms with E-state index in [1.165, 1.54) is 23.0 Å². The van der Waals surface area contributed by atoms with E-state index < -0.39 is 0 Å². The summed E-state index contributed by atoms with van der Waals surface area (Å²) in [6.45, 7) is 3.72. The lowest BCUT2D eigenvalue weighted by molar-refractivity contribution is -0.0292. The first kappa shape index (κ1) is 20.9. The van der Waals surface area contributed by atoms with Gasteiger partial charge in [-0.05, 0) is 17.7 Å². The molecule has 5 nitrogen and oxygen atoms in total. The van der Waals surface area contributed by atoms with Gasteiger partial charge in [0.15, 0.2) is 0 Å². The van der Waals surface area contributed by atoms with E-state index in [0.29, 0.717) is 29.0 Å². The minimum absolute atomic E-state index is 0.0802. The summed E-state index contributed by atoms with van der Waals surface area (Å²) in [6.07, 6.45) is -0.0802. The molecular weight excluding hydrogens is 403 g/mol. The zero-order valence-corrected chi connectivity index (χ0v) is 17.7. The van der Waals surface area contributed by atoms with Crippen molar-refractivity contribution in [3.63, 3.8) is 0 Å². The molecule has 4 rings (SSSR count). The second kappa shape index (κ2) is 9.66. The van der Waals surface area contributed by atoms with Crippen molar-refractivity contribution in [3.05, 3.63) is 70.4 Å². The number of rotatable bonds is 7. The first-order chi connectivity index (χ1) is 14.7. The molecule has 1 aliphatic rings. The Kier molecular flexibility index (Phi) is 6.74. The highest BCUT2D eigenvalue weighted by Gasteiger charge is 2.24. The average Bonchev–Trinajstić information content (AvgIpc) is 3.13. The number of methoxy groups -OCH3 is 1. The van der Waals surface area contributed by atoms with Crippen LogP contribution in [0.15, 0.2) is 48.5 Å². The molecule has 0 aliphatic carbocycles. The molecule has 1 aliphatic heterocycles. The molecule has 1 N–H and O–H groups in total. The molecule has 0 spiro atoms. The van der Waals surface area contributed by atoms with Crippen LogP contribution < -0.4 is 5.32 Å². The average molecular weight is 429 g/mol. The van der Waals surface area contributed by atoms with Crippen molar-refractivity contribution < 1.29 is 18.7 Å². The van der Waals surface area contributed by atoms with Crippen LogP contribution in [0.1, 0.15) is 20.8 Å². The largest absolute Gasteiger partial charge is 0.380 e.